The van der Waals surface area contributed by atoms with E-state index in [4.69, 9.17) is 0 Å². The van der Waals surface area contributed by atoms with Gasteiger partial charge in [-0.1, -0.05) is 0 Å². The van der Waals surface area contributed by atoms with Crippen LogP contribution in [0.25, 0.3) is 0 Å². The summed E-state index contributed by atoms with van der Waals surface area (Å²) in [7, 11) is 0. The zero-order valence-corrected chi connectivity index (χ0v) is 11.7. The number of halogens is 1. The van der Waals surface area contributed by atoms with Crippen LogP contribution in [0.15, 0.2) is 40.6 Å². The van der Waals surface area contributed by atoms with Gasteiger partial charge < -0.3 is 0 Å². The van der Waals surface area contributed by atoms with E-state index in [0.717, 1.165) is 23.7 Å². The van der Waals surface area contributed by atoms with E-state index in [1.807, 2.05) is 25.1 Å². The molecule has 1 aromatic rings. The van der Waals surface area contributed by atoms with Crippen LogP contribution in [0.2, 0.25) is 0 Å². The van der Waals surface area contributed by atoms with Crippen molar-refractivity contribution in [1.82, 2.24) is 0 Å². The molecule has 88 valence electrons. The van der Waals surface area contributed by atoms with Crippen molar-refractivity contribution in [3.05, 3.63) is 40.6 Å². The first-order valence-electron chi connectivity index (χ1n) is 5.88. The van der Waals surface area contributed by atoms with Crippen LogP contribution in [0.3, 0.4) is 0 Å². The second kappa shape index (κ2) is 7.65. The number of hydrogen-bond donors (Lipinski definition) is 0. The van der Waals surface area contributed by atoms with Crippen molar-refractivity contribution >= 4 is 19.4 Å². The molecule has 0 aliphatic heterocycles. The average Bonchev–Trinajstić information content (AvgIpc) is 2.30. The van der Waals surface area contributed by atoms with E-state index in [1.54, 1.807) is 0 Å². The molecule has 1 rings (SSSR count). The molecule has 0 aromatic heterocycles. The molecule has 0 aliphatic carbocycles. The predicted octanol–water partition coefficient (Wildman–Crippen LogP) is 3.80. The minimum absolute atomic E-state index is 0.133. The Morgan fingerprint density at radius 2 is 1.69 bits per heavy atom. The molecule has 0 heterocycles. The fourth-order valence-electron chi connectivity index (χ4n) is 1.46. The summed E-state index contributed by atoms with van der Waals surface area (Å²) in [5.41, 5.74) is 0. The molecule has 0 saturated heterocycles. The Bertz CT molecular complexity index is 330. The molecule has 0 nitrogen and oxygen atoms in total. The molecule has 0 unspecified atom stereocenters. The molecule has 0 radical (unpaired) electrons. The van der Waals surface area contributed by atoms with Crippen molar-refractivity contribution in [2.75, 3.05) is 0 Å². The molecule has 0 N–H and O–H groups in total. The average molecular weight is 285 g/mol. The normalized spacial score (nSPS) is 12.4. The van der Waals surface area contributed by atoms with Gasteiger partial charge in [0.1, 0.15) is 0 Å². The van der Waals surface area contributed by atoms with Gasteiger partial charge in [0.05, 0.1) is 0 Å². The van der Waals surface area contributed by atoms with Gasteiger partial charge in [0.2, 0.25) is 0 Å². The van der Waals surface area contributed by atoms with Gasteiger partial charge in [-0.15, -0.1) is 0 Å². The van der Waals surface area contributed by atoms with Crippen LogP contribution >= 0.6 is 0 Å². The minimum atomic E-state index is 0.133. The van der Waals surface area contributed by atoms with Crippen molar-refractivity contribution in [3.63, 3.8) is 0 Å². The Balaban J connectivity index is 2.75. The van der Waals surface area contributed by atoms with Crippen molar-refractivity contribution in [2.45, 2.75) is 39.5 Å². The quantitative estimate of drug-likeness (QED) is 0.697. The summed E-state index contributed by atoms with van der Waals surface area (Å²) in [5.74, 6) is 0.133. The molecule has 0 fully saturated rings. The van der Waals surface area contributed by atoms with Gasteiger partial charge in [-0.05, 0) is 0 Å². The number of hydrogen-bond acceptors (Lipinski definition) is 0. The van der Waals surface area contributed by atoms with Gasteiger partial charge in [-0.25, -0.2) is 0 Å². The third kappa shape index (κ3) is 4.51. The van der Waals surface area contributed by atoms with E-state index in [2.05, 4.69) is 19.1 Å². The Labute approximate surface area is 104 Å². The number of benzene rings is 1. The molecular weight excluding hydrogens is 266 g/mol. The van der Waals surface area contributed by atoms with Crippen LogP contribution in [0.1, 0.15) is 39.5 Å². The maximum absolute atomic E-state index is 13.8. The van der Waals surface area contributed by atoms with Gasteiger partial charge in [-0.3, -0.25) is 0 Å². The van der Waals surface area contributed by atoms with Crippen LogP contribution in [0.5, 0.6) is 0 Å². The van der Waals surface area contributed by atoms with Crippen LogP contribution in [0.4, 0.5) is 4.39 Å². The number of allylic oxidation sites excluding steroid dienone is 2. The van der Waals surface area contributed by atoms with Crippen LogP contribution < -0.4 is 4.46 Å². The maximum atomic E-state index is 13.8. The van der Waals surface area contributed by atoms with Crippen molar-refractivity contribution in [2.24, 2.45) is 0 Å². The zero-order valence-electron chi connectivity index (χ0n) is 10.0. The first-order valence-corrected chi connectivity index (χ1v) is 7.59. The molecule has 0 aliphatic rings. The van der Waals surface area contributed by atoms with Gasteiger partial charge in [0.25, 0.3) is 0 Å². The fraction of sp³-hybridized carbons (Fsp3) is 0.429. The zero-order chi connectivity index (χ0) is 11.8. The topological polar surface area (TPSA) is 0 Å². The molecule has 1 aromatic carbocycles. The van der Waals surface area contributed by atoms with E-state index in [0.29, 0.717) is 6.42 Å². The van der Waals surface area contributed by atoms with Crippen molar-refractivity contribution < 1.29 is 4.39 Å². The molecule has 2 heteroatoms. The van der Waals surface area contributed by atoms with Gasteiger partial charge in [-0.2, -0.15) is 0 Å². The first kappa shape index (κ1) is 13.5. The second-order valence-corrected chi connectivity index (χ2v) is 6.19. The summed E-state index contributed by atoms with van der Waals surface area (Å²) in [6.45, 7) is 4.14. The molecule has 0 spiro atoms. The Hall–Kier alpha value is -0.591. The van der Waals surface area contributed by atoms with E-state index in [-0.39, 0.29) is 20.8 Å². The van der Waals surface area contributed by atoms with Gasteiger partial charge in [0.15, 0.2) is 0 Å². The summed E-state index contributed by atoms with van der Waals surface area (Å²) in [4.78, 5) is 0. The Kier molecular flexibility index (Phi) is 6.44. The van der Waals surface area contributed by atoms with Crippen LogP contribution in [0, 0.1) is 0 Å². The third-order valence-electron chi connectivity index (χ3n) is 2.23. The van der Waals surface area contributed by atoms with Gasteiger partial charge in [0, 0.05) is 0 Å². The molecule has 0 bridgehead atoms. The Morgan fingerprint density at radius 3 is 2.25 bits per heavy atom. The standard InChI is InChI=1S/C14H19FSe/c1-3-8-13(15)14(9-4-2)16-12-10-6-5-7-11-12/h5-7,10-11H,3-4,8-9H2,1-2H3/b14-13+. The predicted molar refractivity (Wildman–Crippen MR) is 69.8 cm³/mol. The summed E-state index contributed by atoms with van der Waals surface area (Å²) >= 11 is 0.163. The van der Waals surface area contributed by atoms with Gasteiger partial charge >= 0.3 is 104 Å². The monoisotopic (exact) mass is 286 g/mol. The molecule has 0 amide bonds. The van der Waals surface area contributed by atoms with Crippen LogP contribution in [-0.2, 0) is 0 Å². The third-order valence-corrected chi connectivity index (χ3v) is 4.71. The fourth-order valence-corrected chi connectivity index (χ4v) is 3.76. The van der Waals surface area contributed by atoms with Crippen LogP contribution in [-0.4, -0.2) is 15.0 Å². The summed E-state index contributed by atoms with van der Waals surface area (Å²) in [6, 6.07) is 10.2. The summed E-state index contributed by atoms with van der Waals surface area (Å²) in [6.07, 6.45) is 3.43. The van der Waals surface area contributed by atoms with E-state index < -0.39 is 0 Å². The number of rotatable bonds is 6. The Morgan fingerprint density at radius 1 is 1.06 bits per heavy atom. The van der Waals surface area contributed by atoms with E-state index >= 15 is 0 Å². The first-order chi connectivity index (χ1) is 7.77. The van der Waals surface area contributed by atoms with Crippen molar-refractivity contribution in [3.8, 4) is 0 Å². The second-order valence-electron chi connectivity index (χ2n) is 3.74. The van der Waals surface area contributed by atoms with E-state index in [9.17, 15) is 4.39 Å². The molecular formula is C14H19FSe. The van der Waals surface area contributed by atoms with E-state index in [1.165, 1.54) is 4.46 Å². The van der Waals surface area contributed by atoms with Crippen molar-refractivity contribution in [1.29, 1.82) is 0 Å². The summed E-state index contributed by atoms with van der Waals surface area (Å²) < 4.78 is 16.1. The molecule has 16 heavy (non-hydrogen) atoms. The SMILES string of the molecule is CCC/C(F)=C(/CCC)[Se]c1ccccc1. The molecule has 0 atom stereocenters. The molecule has 0 saturated carbocycles. The summed E-state index contributed by atoms with van der Waals surface area (Å²) in [5, 5.41) is 0.